The van der Waals surface area contributed by atoms with Gasteiger partial charge in [-0.3, -0.25) is 0 Å². The average Bonchev–Trinajstić information content (AvgIpc) is 2.90. The van der Waals surface area contributed by atoms with Gasteiger partial charge < -0.3 is 14.8 Å². The fourth-order valence-corrected chi connectivity index (χ4v) is 3.46. The molecule has 0 spiro atoms. The molecule has 2 heterocycles. The molecule has 0 saturated heterocycles. The summed E-state index contributed by atoms with van der Waals surface area (Å²) in [5, 5.41) is 3.85. The van der Waals surface area contributed by atoms with E-state index < -0.39 is 0 Å². The number of hydrogen-bond acceptors (Lipinski definition) is 4. The molecule has 0 radical (unpaired) electrons. The molecule has 5 heteroatoms. The molecule has 1 aliphatic rings. The largest absolute Gasteiger partial charge is 0.348 e. The first-order chi connectivity index (χ1) is 9.85. The SMILES string of the molecule is Cc1noc(CCn2c(C)cc3c2CC(C)(C)CC3N)n1. The molecule has 0 bridgehead atoms. The zero-order chi connectivity index (χ0) is 15.2. The Labute approximate surface area is 125 Å². The average molecular weight is 288 g/mol. The highest BCUT2D eigenvalue weighted by molar-refractivity contribution is 5.34. The van der Waals surface area contributed by atoms with Gasteiger partial charge in [0.15, 0.2) is 5.82 Å². The summed E-state index contributed by atoms with van der Waals surface area (Å²) < 4.78 is 7.58. The van der Waals surface area contributed by atoms with Crippen LogP contribution in [0.25, 0.3) is 0 Å². The highest BCUT2D eigenvalue weighted by Crippen LogP contribution is 2.40. The molecule has 1 unspecified atom stereocenters. The fourth-order valence-electron chi connectivity index (χ4n) is 3.46. The van der Waals surface area contributed by atoms with Gasteiger partial charge in [0.1, 0.15) is 0 Å². The first-order valence-corrected chi connectivity index (χ1v) is 7.59. The van der Waals surface area contributed by atoms with Crippen LogP contribution in [-0.4, -0.2) is 14.7 Å². The van der Waals surface area contributed by atoms with Crippen molar-refractivity contribution in [2.45, 2.75) is 59.5 Å². The molecule has 0 saturated carbocycles. The van der Waals surface area contributed by atoms with Crippen molar-refractivity contribution in [2.24, 2.45) is 11.1 Å². The summed E-state index contributed by atoms with van der Waals surface area (Å²) in [5.41, 5.74) is 10.6. The van der Waals surface area contributed by atoms with Crippen molar-refractivity contribution < 1.29 is 4.52 Å². The Bertz CT molecular complexity index is 653. The molecule has 0 aromatic carbocycles. The monoisotopic (exact) mass is 288 g/mol. The van der Waals surface area contributed by atoms with Gasteiger partial charge in [-0.25, -0.2) is 0 Å². The van der Waals surface area contributed by atoms with Crippen LogP contribution in [-0.2, 0) is 19.4 Å². The van der Waals surface area contributed by atoms with Gasteiger partial charge in [-0.15, -0.1) is 0 Å². The van der Waals surface area contributed by atoms with Gasteiger partial charge in [-0.1, -0.05) is 19.0 Å². The van der Waals surface area contributed by atoms with E-state index in [1.165, 1.54) is 17.0 Å². The van der Waals surface area contributed by atoms with Crippen LogP contribution in [0.2, 0.25) is 0 Å². The molecular weight excluding hydrogens is 264 g/mol. The van der Waals surface area contributed by atoms with Crippen molar-refractivity contribution in [1.82, 2.24) is 14.7 Å². The third kappa shape index (κ3) is 2.75. The normalized spacial score (nSPS) is 20.5. The topological polar surface area (TPSA) is 69.9 Å². The summed E-state index contributed by atoms with van der Waals surface area (Å²) in [6.45, 7) is 9.45. The molecule has 3 rings (SSSR count). The second-order valence-electron chi connectivity index (χ2n) is 6.98. The fraction of sp³-hybridized carbons (Fsp3) is 0.625. The Balaban J connectivity index is 1.86. The molecule has 2 aromatic rings. The highest BCUT2D eigenvalue weighted by Gasteiger charge is 2.33. The van der Waals surface area contributed by atoms with Crippen molar-refractivity contribution in [3.8, 4) is 0 Å². The summed E-state index contributed by atoms with van der Waals surface area (Å²) in [6, 6.07) is 2.39. The lowest BCUT2D eigenvalue weighted by atomic mass is 9.74. The minimum Gasteiger partial charge on any atom is -0.348 e. The summed E-state index contributed by atoms with van der Waals surface area (Å²) in [6.07, 6.45) is 2.89. The first-order valence-electron chi connectivity index (χ1n) is 7.59. The highest BCUT2D eigenvalue weighted by atomic mass is 16.5. The molecule has 21 heavy (non-hydrogen) atoms. The maximum atomic E-state index is 6.36. The van der Waals surface area contributed by atoms with Gasteiger partial charge in [-0.2, -0.15) is 4.98 Å². The predicted octanol–water partition coefficient (Wildman–Crippen LogP) is 2.70. The molecule has 0 amide bonds. The number of aryl methyl sites for hydroxylation is 3. The van der Waals surface area contributed by atoms with E-state index in [1.807, 2.05) is 6.92 Å². The van der Waals surface area contributed by atoms with E-state index in [1.54, 1.807) is 0 Å². The number of nitrogens with two attached hydrogens (primary N) is 1. The van der Waals surface area contributed by atoms with Crippen LogP contribution in [0.3, 0.4) is 0 Å². The van der Waals surface area contributed by atoms with Crippen LogP contribution in [0.15, 0.2) is 10.6 Å². The summed E-state index contributed by atoms with van der Waals surface area (Å²) >= 11 is 0. The molecule has 2 aromatic heterocycles. The Morgan fingerprint density at radius 3 is 2.86 bits per heavy atom. The minimum absolute atomic E-state index is 0.148. The van der Waals surface area contributed by atoms with Crippen LogP contribution >= 0.6 is 0 Å². The maximum Gasteiger partial charge on any atom is 0.228 e. The van der Waals surface area contributed by atoms with Crippen LogP contribution in [0, 0.1) is 19.3 Å². The third-order valence-corrected chi connectivity index (χ3v) is 4.39. The molecule has 0 fully saturated rings. The van der Waals surface area contributed by atoms with E-state index in [-0.39, 0.29) is 11.5 Å². The Hall–Kier alpha value is -1.62. The summed E-state index contributed by atoms with van der Waals surface area (Å²) in [7, 11) is 0. The second-order valence-corrected chi connectivity index (χ2v) is 6.98. The van der Waals surface area contributed by atoms with E-state index in [0.717, 1.165) is 25.8 Å². The number of nitrogens with zero attached hydrogens (tertiary/aromatic N) is 3. The van der Waals surface area contributed by atoms with E-state index >= 15 is 0 Å². The minimum atomic E-state index is 0.148. The number of aromatic nitrogens is 3. The van der Waals surface area contributed by atoms with E-state index in [9.17, 15) is 0 Å². The molecule has 2 N–H and O–H groups in total. The first kappa shape index (κ1) is 14.3. The third-order valence-electron chi connectivity index (χ3n) is 4.39. The van der Waals surface area contributed by atoms with Gasteiger partial charge >= 0.3 is 0 Å². The van der Waals surface area contributed by atoms with Gasteiger partial charge in [0.05, 0.1) is 0 Å². The number of hydrogen-bond donors (Lipinski definition) is 1. The van der Waals surface area contributed by atoms with Crippen LogP contribution < -0.4 is 5.73 Å². The Morgan fingerprint density at radius 1 is 1.43 bits per heavy atom. The van der Waals surface area contributed by atoms with Crippen molar-refractivity contribution >= 4 is 0 Å². The molecule has 1 atom stereocenters. The van der Waals surface area contributed by atoms with Crippen molar-refractivity contribution in [3.05, 3.63) is 34.7 Å². The summed E-state index contributed by atoms with van der Waals surface area (Å²) in [4.78, 5) is 4.28. The zero-order valence-electron chi connectivity index (χ0n) is 13.3. The molecule has 5 nitrogen and oxygen atoms in total. The molecule has 1 aliphatic carbocycles. The predicted molar refractivity (Wildman–Crippen MR) is 80.9 cm³/mol. The zero-order valence-corrected chi connectivity index (χ0v) is 13.3. The van der Waals surface area contributed by atoms with Crippen LogP contribution in [0.1, 0.15) is 55.0 Å². The van der Waals surface area contributed by atoms with Crippen LogP contribution in [0.5, 0.6) is 0 Å². The second kappa shape index (κ2) is 4.98. The van der Waals surface area contributed by atoms with E-state index in [2.05, 4.69) is 41.5 Å². The summed E-state index contributed by atoms with van der Waals surface area (Å²) in [5.74, 6) is 1.40. The molecule has 0 aliphatic heterocycles. The van der Waals surface area contributed by atoms with Gasteiger partial charge in [0.2, 0.25) is 5.89 Å². The maximum absolute atomic E-state index is 6.36. The van der Waals surface area contributed by atoms with Crippen LogP contribution in [0.4, 0.5) is 0 Å². The lowest BCUT2D eigenvalue weighted by Gasteiger charge is -2.34. The van der Waals surface area contributed by atoms with Crippen molar-refractivity contribution in [2.75, 3.05) is 0 Å². The Kier molecular flexibility index (Phi) is 3.40. The quantitative estimate of drug-likeness (QED) is 0.942. The molecular formula is C16H24N4O. The van der Waals surface area contributed by atoms with E-state index in [4.69, 9.17) is 10.3 Å². The number of fused-ring (bicyclic) bond motifs is 1. The van der Waals surface area contributed by atoms with Crippen molar-refractivity contribution in [3.63, 3.8) is 0 Å². The van der Waals surface area contributed by atoms with Gasteiger partial charge in [0, 0.05) is 30.4 Å². The lowest BCUT2D eigenvalue weighted by molar-refractivity contribution is 0.274. The smallest absolute Gasteiger partial charge is 0.228 e. The lowest BCUT2D eigenvalue weighted by Crippen LogP contribution is -2.30. The number of rotatable bonds is 3. The Morgan fingerprint density at radius 2 is 2.19 bits per heavy atom. The standard InChI is InChI=1S/C16H24N4O/c1-10-7-12-13(17)8-16(3,4)9-14(12)20(10)6-5-15-18-11(2)19-21-15/h7,13H,5-6,8-9,17H2,1-4H3. The molecule has 114 valence electrons. The van der Waals surface area contributed by atoms with Gasteiger partial charge in [-0.05, 0) is 43.7 Å². The van der Waals surface area contributed by atoms with Gasteiger partial charge in [0.25, 0.3) is 0 Å². The van der Waals surface area contributed by atoms with Crippen molar-refractivity contribution in [1.29, 1.82) is 0 Å². The van der Waals surface area contributed by atoms with E-state index in [0.29, 0.717) is 11.7 Å².